The van der Waals surface area contributed by atoms with Gasteiger partial charge in [-0.1, -0.05) is 38.1 Å². The molecule has 3 nitrogen and oxygen atoms in total. The predicted molar refractivity (Wildman–Crippen MR) is 76.6 cm³/mol. The van der Waals surface area contributed by atoms with Crippen molar-refractivity contribution in [2.75, 3.05) is 6.54 Å². The third-order valence-electron chi connectivity index (χ3n) is 3.89. The van der Waals surface area contributed by atoms with Gasteiger partial charge in [0.1, 0.15) is 0 Å². The first-order valence-corrected chi connectivity index (χ1v) is 6.85. The summed E-state index contributed by atoms with van der Waals surface area (Å²) in [6.45, 7) is 7.40. The van der Waals surface area contributed by atoms with Gasteiger partial charge in [0.2, 0.25) is 0 Å². The van der Waals surface area contributed by atoms with Gasteiger partial charge in [0.05, 0.1) is 12.6 Å². The van der Waals surface area contributed by atoms with Crippen LogP contribution in [0.3, 0.4) is 0 Å². The third-order valence-corrected chi connectivity index (χ3v) is 3.89. The fourth-order valence-corrected chi connectivity index (χ4v) is 2.67. The van der Waals surface area contributed by atoms with E-state index in [1.807, 2.05) is 0 Å². The topological polar surface area (TPSA) is 41.6 Å². The normalized spacial score (nSPS) is 20.9. The van der Waals surface area contributed by atoms with Crippen molar-refractivity contribution in [2.45, 2.75) is 45.7 Å². The SMILES string of the molecule is CCc1ccccc1C1CN=C(N)N1C(C)CC. The van der Waals surface area contributed by atoms with Gasteiger partial charge in [0.25, 0.3) is 0 Å². The Labute approximate surface area is 110 Å². The fourth-order valence-electron chi connectivity index (χ4n) is 2.67. The summed E-state index contributed by atoms with van der Waals surface area (Å²) in [5.74, 6) is 0.695. The van der Waals surface area contributed by atoms with Crippen molar-refractivity contribution in [1.82, 2.24) is 4.90 Å². The van der Waals surface area contributed by atoms with Crippen LogP contribution in [0.2, 0.25) is 0 Å². The molecule has 0 spiro atoms. The van der Waals surface area contributed by atoms with Crippen LogP contribution < -0.4 is 5.73 Å². The van der Waals surface area contributed by atoms with E-state index in [1.54, 1.807) is 0 Å². The van der Waals surface area contributed by atoms with Gasteiger partial charge in [-0.3, -0.25) is 4.99 Å². The highest BCUT2D eigenvalue weighted by atomic mass is 15.3. The average Bonchev–Trinajstić information content (AvgIpc) is 2.79. The molecule has 0 aromatic heterocycles. The van der Waals surface area contributed by atoms with Gasteiger partial charge in [-0.2, -0.15) is 0 Å². The third kappa shape index (κ3) is 2.22. The average molecular weight is 245 g/mol. The molecule has 1 aromatic rings. The first-order chi connectivity index (χ1) is 8.69. The molecule has 2 rings (SSSR count). The zero-order valence-corrected chi connectivity index (χ0v) is 11.6. The Morgan fingerprint density at radius 2 is 2.11 bits per heavy atom. The van der Waals surface area contributed by atoms with E-state index in [0.29, 0.717) is 18.0 Å². The molecule has 98 valence electrons. The van der Waals surface area contributed by atoms with Crippen molar-refractivity contribution in [2.24, 2.45) is 10.7 Å². The standard InChI is InChI=1S/C15H23N3/c1-4-11(3)18-14(10-17-15(18)16)13-9-7-6-8-12(13)5-2/h6-9,11,14H,4-5,10H2,1-3H3,(H2,16,17). The first kappa shape index (κ1) is 12.9. The van der Waals surface area contributed by atoms with Gasteiger partial charge in [-0.15, -0.1) is 0 Å². The number of nitrogens with zero attached hydrogens (tertiary/aromatic N) is 2. The molecule has 1 aliphatic heterocycles. The van der Waals surface area contributed by atoms with Crippen molar-refractivity contribution < 1.29 is 0 Å². The van der Waals surface area contributed by atoms with Crippen LogP contribution in [0.1, 0.15) is 44.4 Å². The minimum atomic E-state index is 0.316. The molecule has 0 radical (unpaired) electrons. The lowest BCUT2D eigenvalue weighted by Crippen LogP contribution is -2.42. The molecule has 0 fully saturated rings. The Bertz CT molecular complexity index is 439. The number of aliphatic imine (C=N–C) groups is 1. The smallest absolute Gasteiger partial charge is 0.192 e. The molecule has 18 heavy (non-hydrogen) atoms. The summed E-state index contributed by atoms with van der Waals surface area (Å²) in [6.07, 6.45) is 2.14. The largest absolute Gasteiger partial charge is 0.370 e. The van der Waals surface area contributed by atoms with E-state index in [4.69, 9.17) is 5.73 Å². The molecule has 1 heterocycles. The molecule has 1 aromatic carbocycles. The van der Waals surface area contributed by atoms with Crippen LogP contribution in [0, 0.1) is 0 Å². The van der Waals surface area contributed by atoms with E-state index in [9.17, 15) is 0 Å². The number of aryl methyl sites for hydroxylation is 1. The molecule has 3 heteroatoms. The molecular formula is C15H23N3. The number of benzene rings is 1. The van der Waals surface area contributed by atoms with Crippen molar-refractivity contribution in [1.29, 1.82) is 0 Å². The molecule has 0 bridgehead atoms. The zero-order chi connectivity index (χ0) is 13.1. The summed E-state index contributed by atoms with van der Waals surface area (Å²) < 4.78 is 0. The quantitative estimate of drug-likeness (QED) is 0.886. The monoisotopic (exact) mass is 245 g/mol. The molecule has 1 aliphatic rings. The van der Waals surface area contributed by atoms with Crippen molar-refractivity contribution in [3.63, 3.8) is 0 Å². The van der Waals surface area contributed by atoms with E-state index >= 15 is 0 Å². The number of hydrogen-bond donors (Lipinski definition) is 1. The summed E-state index contributed by atoms with van der Waals surface area (Å²) in [4.78, 5) is 6.71. The highest BCUT2D eigenvalue weighted by Crippen LogP contribution is 2.30. The van der Waals surface area contributed by atoms with E-state index < -0.39 is 0 Å². The Hall–Kier alpha value is -1.51. The number of hydrogen-bond acceptors (Lipinski definition) is 3. The summed E-state index contributed by atoms with van der Waals surface area (Å²) in [6, 6.07) is 9.39. The molecule has 2 unspecified atom stereocenters. The van der Waals surface area contributed by atoms with E-state index in [1.165, 1.54) is 11.1 Å². The fraction of sp³-hybridized carbons (Fsp3) is 0.533. The summed E-state index contributed by atoms with van der Waals surface area (Å²) in [5, 5.41) is 0. The zero-order valence-electron chi connectivity index (χ0n) is 11.6. The summed E-state index contributed by atoms with van der Waals surface area (Å²) in [5.41, 5.74) is 8.83. The van der Waals surface area contributed by atoms with Crippen molar-refractivity contribution >= 4 is 5.96 Å². The van der Waals surface area contributed by atoms with Crippen LogP contribution in [-0.4, -0.2) is 23.4 Å². The van der Waals surface area contributed by atoms with Gasteiger partial charge in [-0.05, 0) is 30.9 Å². The Balaban J connectivity index is 2.33. The van der Waals surface area contributed by atoms with E-state index in [2.05, 4.69) is 54.9 Å². The van der Waals surface area contributed by atoms with Crippen molar-refractivity contribution in [3.05, 3.63) is 35.4 Å². The molecule has 0 saturated carbocycles. The summed E-state index contributed by atoms with van der Waals surface area (Å²) >= 11 is 0. The van der Waals surface area contributed by atoms with E-state index in [-0.39, 0.29) is 0 Å². The highest BCUT2D eigenvalue weighted by Gasteiger charge is 2.31. The number of guanidine groups is 1. The molecule has 0 saturated heterocycles. The van der Waals surface area contributed by atoms with Crippen LogP contribution in [0.25, 0.3) is 0 Å². The minimum absolute atomic E-state index is 0.316. The maximum absolute atomic E-state index is 6.05. The Morgan fingerprint density at radius 1 is 1.39 bits per heavy atom. The van der Waals surface area contributed by atoms with Crippen LogP contribution in [0.5, 0.6) is 0 Å². The first-order valence-electron chi connectivity index (χ1n) is 6.85. The lowest BCUT2D eigenvalue weighted by molar-refractivity contribution is 0.267. The van der Waals surface area contributed by atoms with Crippen LogP contribution in [0.4, 0.5) is 0 Å². The molecular weight excluding hydrogens is 222 g/mol. The number of rotatable bonds is 4. The molecule has 2 atom stereocenters. The summed E-state index contributed by atoms with van der Waals surface area (Å²) in [7, 11) is 0. The molecule has 2 N–H and O–H groups in total. The molecule has 0 aliphatic carbocycles. The van der Waals surface area contributed by atoms with Gasteiger partial charge in [0, 0.05) is 6.04 Å². The van der Waals surface area contributed by atoms with Gasteiger partial charge < -0.3 is 10.6 Å². The van der Waals surface area contributed by atoms with Gasteiger partial charge >= 0.3 is 0 Å². The van der Waals surface area contributed by atoms with Crippen LogP contribution in [-0.2, 0) is 6.42 Å². The van der Waals surface area contributed by atoms with Gasteiger partial charge in [0.15, 0.2) is 5.96 Å². The second kappa shape index (κ2) is 5.42. The lowest BCUT2D eigenvalue weighted by Gasteiger charge is -2.33. The van der Waals surface area contributed by atoms with Crippen LogP contribution >= 0.6 is 0 Å². The lowest BCUT2D eigenvalue weighted by atomic mass is 9.97. The predicted octanol–water partition coefficient (Wildman–Crippen LogP) is 2.72. The van der Waals surface area contributed by atoms with E-state index in [0.717, 1.165) is 19.4 Å². The Kier molecular flexibility index (Phi) is 3.90. The highest BCUT2D eigenvalue weighted by molar-refractivity contribution is 5.80. The van der Waals surface area contributed by atoms with Crippen LogP contribution in [0.15, 0.2) is 29.3 Å². The maximum Gasteiger partial charge on any atom is 0.192 e. The Morgan fingerprint density at radius 3 is 2.78 bits per heavy atom. The second-order valence-corrected chi connectivity index (χ2v) is 4.93. The van der Waals surface area contributed by atoms with Gasteiger partial charge in [-0.25, -0.2) is 0 Å². The minimum Gasteiger partial charge on any atom is -0.370 e. The number of nitrogens with two attached hydrogens (primary N) is 1. The second-order valence-electron chi connectivity index (χ2n) is 4.93. The van der Waals surface area contributed by atoms with Crippen molar-refractivity contribution in [3.8, 4) is 0 Å². The maximum atomic E-state index is 6.05. The molecule has 0 amide bonds.